The molecule has 3 nitrogen and oxygen atoms in total. The number of nitrogen functional groups attached to an aromatic ring is 1. The van der Waals surface area contributed by atoms with Crippen LogP contribution in [-0.4, -0.2) is 12.8 Å². The Morgan fingerprint density at radius 3 is 1.83 bits per heavy atom. The Labute approximate surface area is 107 Å². The Morgan fingerprint density at radius 1 is 0.944 bits per heavy atom. The van der Waals surface area contributed by atoms with Gasteiger partial charge in [-0.1, -0.05) is 0 Å². The minimum atomic E-state index is 0.0803. The minimum Gasteiger partial charge on any atom is -0.399 e. The number of carbonyl (C=O) groups is 1. The molecule has 3 heteroatoms. The summed E-state index contributed by atoms with van der Waals surface area (Å²) in [4.78, 5) is 13.3. The van der Waals surface area contributed by atoms with E-state index in [1.54, 1.807) is 6.92 Å². The Hall–Kier alpha value is -2.29. The Morgan fingerprint density at radius 2 is 1.39 bits per heavy atom. The lowest BCUT2D eigenvalue weighted by Crippen LogP contribution is -2.09. The lowest BCUT2D eigenvalue weighted by Gasteiger charge is -2.19. The summed E-state index contributed by atoms with van der Waals surface area (Å²) >= 11 is 0. The first-order chi connectivity index (χ1) is 8.58. The highest BCUT2D eigenvalue weighted by Crippen LogP contribution is 2.24. The van der Waals surface area contributed by atoms with Gasteiger partial charge in [-0.3, -0.25) is 4.79 Å². The van der Waals surface area contributed by atoms with Crippen LogP contribution in [0.3, 0.4) is 0 Å². The number of Topliss-reactive ketones (excluding diaryl/α,β-unsaturated/α-hetero) is 1. The molecule has 0 aliphatic carbocycles. The first kappa shape index (κ1) is 12.2. The molecule has 0 unspecified atom stereocenters. The second-order valence-electron chi connectivity index (χ2n) is 4.25. The van der Waals surface area contributed by atoms with Crippen molar-refractivity contribution in [1.82, 2.24) is 0 Å². The summed E-state index contributed by atoms with van der Waals surface area (Å²) < 4.78 is 0. The third-order valence-electron chi connectivity index (χ3n) is 2.94. The number of ketones is 1. The van der Waals surface area contributed by atoms with Gasteiger partial charge >= 0.3 is 0 Å². The molecule has 2 rings (SSSR count). The average molecular weight is 240 g/mol. The van der Waals surface area contributed by atoms with Gasteiger partial charge in [-0.2, -0.15) is 0 Å². The van der Waals surface area contributed by atoms with Crippen molar-refractivity contribution in [2.45, 2.75) is 6.92 Å². The topological polar surface area (TPSA) is 46.3 Å². The van der Waals surface area contributed by atoms with Crippen molar-refractivity contribution < 1.29 is 4.79 Å². The molecule has 18 heavy (non-hydrogen) atoms. The fourth-order valence-electron chi connectivity index (χ4n) is 1.77. The van der Waals surface area contributed by atoms with Crippen LogP contribution in [0.4, 0.5) is 17.1 Å². The second-order valence-corrected chi connectivity index (χ2v) is 4.25. The number of hydrogen-bond acceptors (Lipinski definition) is 3. The van der Waals surface area contributed by atoms with Crippen LogP contribution in [0.1, 0.15) is 17.3 Å². The van der Waals surface area contributed by atoms with E-state index in [1.165, 1.54) is 0 Å². The summed E-state index contributed by atoms with van der Waals surface area (Å²) in [5.74, 6) is 0.0803. The molecule has 0 saturated heterocycles. The van der Waals surface area contributed by atoms with Gasteiger partial charge in [0, 0.05) is 29.7 Å². The standard InChI is InChI=1S/C15H16N2O/c1-11(18)12-3-7-14(8-4-12)17(2)15-9-5-13(16)6-10-15/h3-10H,16H2,1-2H3. The highest BCUT2D eigenvalue weighted by atomic mass is 16.1. The third-order valence-corrected chi connectivity index (χ3v) is 2.94. The van der Waals surface area contributed by atoms with Gasteiger partial charge in [-0.05, 0) is 55.5 Å². The zero-order chi connectivity index (χ0) is 13.1. The van der Waals surface area contributed by atoms with Gasteiger partial charge < -0.3 is 10.6 Å². The van der Waals surface area contributed by atoms with Gasteiger partial charge in [0.15, 0.2) is 5.78 Å². The zero-order valence-corrected chi connectivity index (χ0v) is 10.6. The number of rotatable bonds is 3. The zero-order valence-electron chi connectivity index (χ0n) is 10.6. The lowest BCUT2D eigenvalue weighted by molar-refractivity contribution is 0.101. The highest BCUT2D eigenvalue weighted by molar-refractivity contribution is 5.94. The maximum absolute atomic E-state index is 11.2. The largest absolute Gasteiger partial charge is 0.399 e. The van der Waals surface area contributed by atoms with Crippen molar-refractivity contribution in [2.24, 2.45) is 0 Å². The van der Waals surface area contributed by atoms with E-state index in [0.717, 1.165) is 22.6 Å². The van der Waals surface area contributed by atoms with Gasteiger partial charge in [0.25, 0.3) is 0 Å². The molecule has 2 aromatic carbocycles. The average Bonchev–Trinajstić information content (AvgIpc) is 2.39. The van der Waals surface area contributed by atoms with E-state index in [9.17, 15) is 4.79 Å². The van der Waals surface area contributed by atoms with Crippen molar-refractivity contribution >= 4 is 22.8 Å². The van der Waals surface area contributed by atoms with Crippen LogP contribution in [0.15, 0.2) is 48.5 Å². The van der Waals surface area contributed by atoms with Crippen LogP contribution in [0.5, 0.6) is 0 Å². The summed E-state index contributed by atoms with van der Waals surface area (Å²) in [6.07, 6.45) is 0. The SMILES string of the molecule is CC(=O)c1ccc(N(C)c2ccc(N)cc2)cc1. The summed E-state index contributed by atoms with van der Waals surface area (Å²) in [6, 6.07) is 15.2. The van der Waals surface area contributed by atoms with Crippen LogP contribution in [-0.2, 0) is 0 Å². The van der Waals surface area contributed by atoms with E-state index < -0.39 is 0 Å². The summed E-state index contributed by atoms with van der Waals surface area (Å²) in [7, 11) is 1.98. The van der Waals surface area contributed by atoms with Gasteiger partial charge in [-0.25, -0.2) is 0 Å². The number of nitrogens with zero attached hydrogens (tertiary/aromatic N) is 1. The first-order valence-electron chi connectivity index (χ1n) is 5.78. The van der Waals surface area contributed by atoms with Crippen molar-refractivity contribution in [3.63, 3.8) is 0 Å². The minimum absolute atomic E-state index is 0.0803. The van der Waals surface area contributed by atoms with Crippen molar-refractivity contribution in [3.8, 4) is 0 Å². The maximum atomic E-state index is 11.2. The smallest absolute Gasteiger partial charge is 0.159 e. The normalized spacial score (nSPS) is 10.1. The number of anilines is 3. The molecule has 0 saturated carbocycles. The molecule has 0 radical (unpaired) electrons. The fourth-order valence-corrected chi connectivity index (χ4v) is 1.77. The van der Waals surface area contributed by atoms with E-state index >= 15 is 0 Å². The second kappa shape index (κ2) is 4.92. The molecule has 0 aromatic heterocycles. The molecular formula is C15H16N2O. The van der Waals surface area contributed by atoms with Crippen LogP contribution in [0.25, 0.3) is 0 Å². The molecule has 92 valence electrons. The summed E-state index contributed by atoms with van der Waals surface area (Å²) in [5, 5.41) is 0. The van der Waals surface area contributed by atoms with E-state index in [1.807, 2.05) is 60.5 Å². The molecule has 0 atom stereocenters. The number of hydrogen-bond donors (Lipinski definition) is 1. The molecule has 0 bridgehead atoms. The van der Waals surface area contributed by atoms with Crippen LogP contribution >= 0.6 is 0 Å². The van der Waals surface area contributed by atoms with Crippen molar-refractivity contribution in [2.75, 3.05) is 17.7 Å². The Kier molecular flexibility index (Phi) is 3.33. The molecule has 0 aliphatic heterocycles. The van der Waals surface area contributed by atoms with E-state index in [2.05, 4.69) is 0 Å². The Balaban J connectivity index is 2.25. The molecule has 0 spiro atoms. The molecule has 2 N–H and O–H groups in total. The van der Waals surface area contributed by atoms with Gasteiger partial charge in [0.1, 0.15) is 0 Å². The number of nitrogens with two attached hydrogens (primary N) is 1. The van der Waals surface area contributed by atoms with Gasteiger partial charge in [-0.15, -0.1) is 0 Å². The van der Waals surface area contributed by atoms with E-state index in [0.29, 0.717) is 0 Å². The predicted octanol–water partition coefficient (Wildman–Crippen LogP) is 3.24. The Bertz CT molecular complexity index is 544. The van der Waals surface area contributed by atoms with Crippen molar-refractivity contribution in [1.29, 1.82) is 0 Å². The summed E-state index contributed by atoms with van der Waals surface area (Å²) in [6.45, 7) is 1.57. The maximum Gasteiger partial charge on any atom is 0.159 e. The monoisotopic (exact) mass is 240 g/mol. The summed E-state index contributed by atoms with van der Waals surface area (Å²) in [5.41, 5.74) is 9.23. The molecule has 0 aliphatic rings. The van der Waals surface area contributed by atoms with Gasteiger partial charge in [0.05, 0.1) is 0 Å². The third kappa shape index (κ3) is 2.51. The lowest BCUT2D eigenvalue weighted by atomic mass is 10.1. The molecule has 2 aromatic rings. The molecule has 0 fully saturated rings. The molecule has 0 amide bonds. The molecular weight excluding hydrogens is 224 g/mol. The van der Waals surface area contributed by atoms with E-state index in [-0.39, 0.29) is 5.78 Å². The van der Waals surface area contributed by atoms with E-state index in [4.69, 9.17) is 5.73 Å². The van der Waals surface area contributed by atoms with Gasteiger partial charge in [0.2, 0.25) is 0 Å². The van der Waals surface area contributed by atoms with Crippen molar-refractivity contribution in [3.05, 3.63) is 54.1 Å². The van der Waals surface area contributed by atoms with Crippen LogP contribution < -0.4 is 10.6 Å². The predicted molar refractivity (Wildman–Crippen MR) is 75.4 cm³/mol. The fraction of sp³-hybridized carbons (Fsp3) is 0.133. The van der Waals surface area contributed by atoms with Crippen LogP contribution in [0, 0.1) is 0 Å². The molecule has 0 heterocycles. The van der Waals surface area contributed by atoms with Crippen LogP contribution in [0.2, 0.25) is 0 Å². The quantitative estimate of drug-likeness (QED) is 0.661. The first-order valence-corrected chi connectivity index (χ1v) is 5.78. The highest BCUT2D eigenvalue weighted by Gasteiger charge is 2.04. The number of benzene rings is 2. The number of carbonyl (C=O) groups excluding carboxylic acids is 1.